The van der Waals surface area contributed by atoms with Crippen molar-refractivity contribution in [3.63, 3.8) is 0 Å². The summed E-state index contributed by atoms with van der Waals surface area (Å²) in [5, 5.41) is 2.99. The molecule has 0 radical (unpaired) electrons. The van der Waals surface area contributed by atoms with E-state index < -0.39 is 10.0 Å². The second-order valence-electron chi connectivity index (χ2n) is 8.38. The lowest BCUT2D eigenvalue weighted by atomic mass is 10.0. The molecule has 1 aromatic rings. The zero-order chi connectivity index (χ0) is 22.4. The van der Waals surface area contributed by atoms with Crippen LogP contribution in [-0.4, -0.2) is 57.4 Å². The molecule has 1 saturated heterocycles. The van der Waals surface area contributed by atoms with Gasteiger partial charge in [0.1, 0.15) is 10.6 Å². The summed E-state index contributed by atoms with van der Waals surface area (Å²) < 4.78 is 34.0. The Hall–Kier alpha value is -2.13. The lowest BCUT2D eigenvalue weighted by molar-refractivity contribution is -0.122. The van der Waals surface area contributed by atoms with E-state index in [1.807, 2.05) is 6.92 Å². The summed E-state index contributed by atoms with van der Waals surface area (Å²) in [6, 6.07) is 4.36. The molecule has 1 heterocycles. The summed E-state index contributed by atoms with van der Waals surface area (Å²) in [5.41, 5.74) is 0.299. The van der Waals surface area contributed by atoms with Crippen LogP contribution >= 0.6 is 0 Å². The summed E-state index contributed by atoms with van der Waals surface area (Å²) in [6.07, 6.45) is 6.51. The number of piperidine rings is 1. The zero-order valence-corrected chi connectivity index (χ0v) is 19.2. The maximum Gasteiger partial charge on any atom is 0.253 e. The average Bonchev–Trinajstić information content (AvgIpc) is 3.25. The number of rotatable bonds is 8. The average molecular weight is 452 g/mol. The number of methoxy groups -OCH3 is 1. The van der Waals surface area contributed by atoms with Crippen molar-refractivity contribution in [2.75, 3.05) is 20.2 Å². The summed E-state index contributed by atoms with van der Waals surface area (Å²) in [4.78, 5) is 26.7. The Balaban J connectivity index is 1.76. The first-order chi connectivity index (χ1) is 14.8. The number of ether oxygens (including phenoxy) is 1. The third-order valence-corrected chi connectivity index (χ3v) is 7.47. The van der Waals surface area contributed by atoms with Crippen molar-refractivity contribution in [2.24, 2.45) is 0 Å². The fraction of sp³-hybridized carbons (Fsp3) is 0.636. The van der Waals surface area contributed by atoms with Crippen LogP contribution in [0.1, 0.15) is 68.6 Å². The molecule has 2 N–H and O–H groups in total. The van der Waals surface area contributed by atoms with Crippen molar-refractivity contribution < 1.29 is 22.7 Å². The van der Waals surface area contributed by atoms with Crippen LogP contribution in [-0.2, 0) is 14.8 Å². The van der Waals surface area contributed by atoms with Crippen LogP contribution in [0.25, 0.3) is 0 Å². The fourth-order valence-electron chi connectivity index (χ4n) is 4.34. The Morgan fingerprint density at radius 2 is 1.84 bits per heavy atom. The molecule has 3 rings (SSSR count). The van der Waals surface area contributed by atoms with Gasteiger partial charge in [0.2, 0.25) is 15.9 Å². The highest BCUT2D eigenvalue weighted by Gasteiger charge is 2.29. The van der Waals surface area contributed by atoms with E-state index in [2.05, 4.69) is 10.0 Å². The Morgan fingerprint density at radius 3 is 2.52 bits per heavy atom. The van der Waals surface area contributed by atoms with Gasteiger partial charge in [-0.3, -0.25) is 9.59 Å². The fourth-order valence-corrected chi connectivity index (χ4v) is 5.84. The van der Waals surface area contributed by atoms with Crippen molar-refractivity contribution in [1.82, 2.24) is 14.9 Å². The van der Waals surface area contributed by atoms with E-state index in [9.17, 15) is 18.0 Å². The largest absolute Gasteiger partial charge is 0.495 e. The van der Waals surface area contributed by atoms with Crippen LogP contribution in [0.5, 0.6) is 5.75 Å². The van der Waals surface area contributed by atoms with Crippen LogP contribution in [0.2, 0.25) is 0 Å². The Bertz CT molecular complexity index is 896. The van der Waals surface area contributed by atoms with E-state index in [0.717, 1.165) is 44.9 Å². The van der Waals surface area contributed by atoms with Crippen LogP contribution in [0.15, 0.2) is 23.1 Å². The molecule has 1 aromatic carbocycles. The van der Waals surface area contributed by atoms with E-state index >= 15 is 0 Å². The number of hydrogen-bond acceptors (Lipinski definition) is 5. The molecular weight excluding hydrogens is 418 g/mol. The number of benzene rings is 1. The molecule has 2 fully saturated rings. The molecule has 0 bridgehead atoms. The smallest absolute Gasteiger partial charge is 0.253 e. The number of amides is 2. The Kier molecular flexibility index (Phi) is 7.94. The lowest BCUT2D eigenvalue weighted by Gasteiger charge is -2.33. The molecular formula is C22H33N3O5S. The SMILES string of the molecule is CCCC(=O)NC1CCCN(C(=O)c2ccc(OC)c(S(=O)(=O)NC3CCCC3)c2)C1. The first-order valence-corrected chi connectivity index (χ1v) is 12.6. The van der Waals surface area contributed by atoms with Crippen molar-refractivity contribution in [2.45, 2.75) is 75.3 Å². The molecule has 172 valence electrons. The minimum absolute atomic E-state index is 0.00221. The van der Waals surface area contributed by atoms with Gasteiger partial charge in [0.25, 0.3) is 5.91 Å². The number of likely N-dealkylation sites (tertiary alicyclic amines) is 1. The van der Waals surface area contributed by atoms with Gasteiger partial charge >= 0.3 is 0 Å². The van der Waals surface area contributed by atoms with E-state index in [1.165, 1.54) is 19.2 Å². The maximum absolute atomic E-state index is 13.1. The summed E-state index contributed by atoms with van der Waals surface area (Å²) in [5.74, 6) is -0.0302. The van der Waals surface area contributed by atoms with Gasteiger partial charge in [-0.2, -0.15) is 0 Å². The number of hydrogen-bond donors (Lipinski definition) is 2. The van der Waals surface area contributed by atoms with E-state index in [4.69, 9.17) is 4.74 Å². The quantitative estimate of drug-likeness (QED) is 0.632. The highest BCUT2D eigenvalue weighted by Crippen LogP contribution is 2.28. The summed E-state index contributed by atoms with van der Waals surface area (Å²) in [6.45, 7) is 2.95. The van der Waals surface area contributed by atoms with Gasteiger partial charge in [-0.05, 0) is 50.3 Å². The number of nitrogens with zero attached hydrogens (tertiary/aromatic N) is 1. The van der Waals surface area contributed by atoms with E-state index in [0.29, 0.717) is 25.1 Å². The minimum atomic E-state index is -3.81. The van der Waals surface area contributed by atoms with E-state index in [1.54, 1.807) is 11.0 Å². The molecule has 0 spiro atoms. The molecule has 1 aliphatic carbocycles. The third kappa shape index (κ3) is 5.98. The van der Waals surface area contributed by atoms with Gasteiger partial charge in [0.15, 0.2) is 0 Å². The van der Waals surface area contributed by atoms with Crippen molar-refractivity contribution in [3.05, 3.63) is 23.8 Å². The van der Waals surface area contributed by atoms with Crippen LogP contribution < -0.4 is 14.8 Å². The normalized spacial score (nSPS) is 19.9. The van der Waals surface area contributed by atoms with E-state index in [-0.39, 0.29) is 34.5 Å². The van der Waals surface area contributed by atoms with Gasteiger partial charge in [-0.25, -0.2) is 13.1 Å². The maximum atomic E-state index is 13.1. The zero-order valence-electron chi connectivity index (χ0n) is 18.4. The highest BCUT2D eigenvalue weighted by molar-refractivity contribution is 7.89. The highest BCUT2D eigenvalue weighted by atomic mass is 32.2. The van der Waals surface area contributed by atoms with Gasteiger partial charge < -0.3 is 15.0 Å². The van der Waals surface area contributed by atoms with Crippen LogP contribution in [0.3, 0.4) is 0 Å². The summed E-state index contributed by atoms with van der Waals surface area (Å²) in [7, 11) is -2.39. The van der Waals surface area contributed by atoms with Gasteiger partial charge in [0, 0.05) is 37.2 Å². The topological polar surface area (TPSA) is 105 Å². The second kappa shape index (κ2) is 10.5. The number of carbonyl (C=O) groups is 2. The van der Waals surface area contributed by atoms with Gasteiger partial charge in [-0.15, -0.1) is 0 Å². The standard InChI is InChI=1S/C22H33N3O5S/c1-3-7-21(26)23-18-10-6-13-25(15-18)22(27)16-11-12-19(30-2)20(14-16)31(28,29)24-17-8-4-5-9-17/h11-12,14,17-18,24H,3-10,13,15H2,1-2H3,(H,23,26). The van der Waals surface area contributed by atoms with Crippen LogP contribution in [0, 0.1) is 0 Å². The van der Waals surface area contributed by atoms with Crippen molar-refractivity contribution in [1.29, 1.82) is 0 Å². The molecule has 31 heavy (non-hydrogen) atoms. The Labute approximate surface area is 184 Å². The number of nitrogens with one attached hydrogen (secondary N) is 2. The lowest BCUT2D eigenvalue weighted by Crippen LogP contribution is -2.49. The van der Waals surface area contributed by atoms with Crippen LogP contribution in [0.4, 0.5) is 0 Å². The van der Waals surface area contributed by atoms with Gasteiger partial charge in [-0.1, -0.05) is 19.8 Å². The third-order valence-electron chi connectivity index (χ3n) is 5.93. The molecule has 9 heteroatoms. The second-order valence-corrected chi connectivity index (χ2v) is 10.1. The minimum Gasteiger partial charge on any atom is -0.495 e. The first kappa shape index (κ1) is 23.5. The van der Waals surface area contributed by atoms with Crippen molar-refractivity contribution >= 4 is 21.8 Å². The molecule has 1 aliphatic heterocycles. The predicted molar refractivity (Wildman–Crippen MR) is 118 cm³/mol. The number of sulfonamides is 1. The summed E-state index contributed by atoms with van der Waals surface area (Å²) >= 11 is 0. The molecule has 1 atom stereocenters. The molecule has 0 aromatic heterocycles. The van der Waals surface area contributed by atoms with Crippen molar-refractivity contribution in [3.8, 4) is 5.75 Å². The molecule has 8 nitrogen and oxygen atoms in total. The Morgan fingerprint density at radius 1 is 1.13 bits per heavy atom. The van der Waals surface area contributed by atoms with Gasteiger partial charge in [0.05, 0.1) is 7.11 Å². The predicted octanol–water partition coefficient (Wildman–Crippen LogP) is 2.44. The molecule has 2 amide bonds. The number of carbonyl (C=O) groups excluding carboxylic acids is 2. The molecule has 2 aliphatic rings. The molecule has 1 saturated carbocycles. The first-order valence-electron chi connectivity index (χ1n) is 11.1. The monoisotopic (exact) mass is 451 g/mol. The molecule has 1 unspecified atom stereocenters.